The molecule has 6 nitrogen and oxygen atoms in total. The summed E-state index contributed by atoms with van der Waals surface area (Å²) >= 11 is 0. The molecule has 6 heteroatoms. The number of aliphatic hydroxyl groups excluding tert-OH is 4. The Morgan fingerprint density at radius 3 is 2.31 bits per heavy atom. The van der Waals surface area contributed by atoms with Crippen molar-refractivity contribution in [3.05, 3.63) is 0 Å². The second kappa shape index (κ2) is 4.32. The molecule has 0 aromatic heterocycles. The van der Waals surface area contributed by atoms with Gasteiger partial charge in [0.2, 0.25) is 0 Å². The molecule has 0 bridgehead atoms. The van der Waals surface area contributed by atoms with Crippen LogP contribution in [0.1, 0.15) is 0 Å². The van der Waals surface area contributed by atoms with Crippen LogP contribution in [-0.2, 0) is 4.74 Å². The molecule has 0 aromatic rings. The van der Waals surface area contributed by atoms with Crippen LogP contribution in [0.3, 0.4) is 0 Å². The molecule has 0 amide bonds. The van der Waals surface area contributed by atoms with Crippen molar-refractivity contribution in [2.45, 2.75) is 30.6 Å². The van der Waals surface area contributed by atoms with Gasteiger partial charge in [-0.2, -0.15) is 0 Å². The van der Waals surface area contributed by atoms with Gasteiger partial charge < -0.3 is 30.5 Å². The fraction of sp³-hybridized carbons (Fsp3) is 1.00. The van der Waals surface area contributed by atoms with E-state index in [1.54, 1.807) is 0 Å². The van der Waals surface area contributed by atoms with Gasteiger partial charge in [0, 0.05) is 0 Å². The van der Waals surface area contributed by atoms with E-state index in [4.69, 9.17) is 9.84 Å². The molecule has 5 N–H and O–H groups in total. The Bertz CT molecular complexity index is 167. The lowest BCUT2D eigenvalue weighted by molar-refractivity contribution is -0.253. The van der Waals surface area contributed by atoms with Crippen molar-refractivity contribution in [1.82, 2.24) is 5.32 Å². The van der Waals surface area contributed by atoms with Crippen LogP contribution in [0.5, 0.6) is 0 Å². The number of hydrogen-bond donors (Lipinski definition) is 5. The first-order valence-corrected chi connectivity index (χ1v) is 4.09. The van der Waals surface area contributed by atoms with Crippen LogP contribution < -0.4 is 5.32 Å². The summed E-state index contributed by atoms with van der Waals surface area (Å²) in [7, 11) is 1.53. The Balaban J connectivity index is 2.66. The molecule has 0 spiro atoms. The lowest BCUT2D eigenvalue weighted by atomic mass is 9.97. The number of aliphatic hydroxyl groups is 4. The molecule has 1 fully saturated rings. The molecule has 1 aliphatic rings. The lowest BCUT2D eigenvalue weighted by Crippen LogP contribution is -2.62. The van der Waals surface area contributed by atoms with Crippen molar-refractivity contribution in [1.29, 1.82) is 0 Å². The Labute approximate surface area is 75.8 Å². The van der Waals surface area contributed by atoms with Gasteiger partial charge in [0.05, 0.1) is 12.6 Å². The highest BCUT2D eigenvalue weighted by atomic mass is 16.6. The molecule has 5 atom stereocenters. The van der Waals surface area contributed by atoms with E-state index in [1.807, 2.05) is 0 Å². The van der Waals surface area contributed by atoms with Gasteiger partial charge in [-0.3, -0.25) is 0 Å². The van der Waals surface area contributed by atoms with Crippen LogP contribution in [0, 0.1) is 0 Å². The average Bonchev–Trinajstić information content (AvgIpc) is 2.12. The minimum atomic E-state index is -1.22. The van der Waals surface area contributed by atoms with Crippen LogP contribution in [0.15, 0.2) is 0 Å². The maximum atomic E-state index is 9.45. The molecule has 1 heterocycles. The van der Waals surface area contributed by atoms with E-state index in [2.05, 4.69) is 5.32 Å². The number of ether oxygens (including phenoxy) is 1. The lowest BCUT2D eigenvalue weighted by Gasteiger charge is -2.39. The molecule has 0 saturated carbocycles. The van der Waals surface area contributed by atoms with E-state index in [0.717, 1.165) is 0 Å². The molecule has 13 heavy (non-hydrogen) atoms. The number of hydrogen-bond acceptors (Lipinski definition) is 6. The SMILES string of the molecule is CN[C@H]1C(O)[C@H](O)C(CO)O[C@H]1O. The zero-order valence-corrected chi connectivity index (χ0v) is 7.29. The summed E-state index contributed by atoms with van der Waals surface area (Å²) in [6.45, 7) is -0.439. The van der Waals surface area contributed by atoms with Crippen molar-refractivity contribution in [2.75, 3.05) is 13.7 Å². The quantitative estimate of drug-likeness (QED) is 0.320. The summed E-state index contributed by atoms with van der Waals surface area (Å²) in [4.78, 5) is 0. The van der Waals surface area contributed by atoms with Crippen molar-refractivity contribution in [3.63, 3.8) is 0 Å². The van der Waals surface area contributed by atoms with E-state index >= 15 is 0 Å². The van der Waals surface area contributed by atoms with Gasteiger partial charge in [0.15, 0.2) is 6.29 Å². The first kappa shape index (κ1) is 10.8. The zero-order valence-electron chi connectivity index (χ0n) is 7.29. The van der Waals surface area contributed by atoms with Crippen molar-refractivity contribution >= 4 is 0 Å². The highest BCUT2D eigenvalue weighted by molar-refractivity contribution is 4.91. The van der Waals surface area contributed by atoms with E-state index in [0.29, 0.717) is 0 Å². The van der Waals surface area contributed by atoms with Crippen LogP contribution in [-0.4, -0.2) is 64.7 Å². The number of likely N-dealkylation sites (N-methyl/N-ethyl adjacent to an activating group) is 1. The summed E-state index contributed by atoms with van der Waals surface area (Å²) in [5.74, 6) is 0. The summed E-state index contributed by atoms with van der Waals surface area (Å²) < 4.78 is 4.85. The molecular formula is C7H15NO5. The minimum absolute atomic E-state index is 0.439. The van der Waals surface area contributed by atoms with Crippen molar-refractivity contribution in [3.8, 4) is 0 Å². The van der Waals surface area contributed by atoms with Crippen LogP contribution in [0.25, 0.3) is 0 Å². The first-order valence-electron chi connectivity index (χ1n) is 4.09. The Hall–Kier alpha value is -0.240. The second-order valence-corrected chi connectivity index (χ2v) is 3.04. The largest absolute Gasteiger partial charge is 0.394 e. The predicted octanol–water partition coefficient (Wildman–Crippen LogP) is -2.99. The third kappa shape index (κ3) is 1.98. The van der Waals surface area contributed by atoms with Gasteiger partial charge in [0.1, 0.15) is 18.3 Å². The molecule has 1 aliphatic heterocycles. The second-order valence-electron chi connectivity index (χ2n) is 3.04. The van der Waals surface area contributed by atoms with Gasteiger partial charge in [-0.05, 0) is 7.05 Å². The molecule has 78 valence electrons. The summed E-state index contributed by atoms with van der Waals surface area (Å²) in [5.41, 5.74) is 0. The molecule has 1 rings (SSSR count). The average molecular weight is 193 g/mol. The molecule has 1 saturated heterocycles. The zero-order chi connectivity index (χ0) is 10.0. The van der Waals surface area contributed by atoms with Gasteiger partial charge >= 0.3 is 0 Å². The van der Waals surface area contributed by atoms with Gasteiger partial charge in [-0.15, -0.1) is 0 Å². The van der Waals surface area contributed by atoms with Crippen molar-refractivity contribution in [2.24, 2.45) is 0 Å². The van der Waals surface area contributed by atoms with Crippen LogP contribution in [0.4, 0.5) is 0 Å². The fourth-order valence-electron chi connectivity index (χ4n) is 1.41. The fourth-order valence-corrected chi connectivity index (χ4v) is 1.41. The van der Waals surface area contributed by atoms with E-state index in [9.17, 15) is 15.3 Å². The normalized spacial score (nSPS) is 46.4. The van der Waals surface area contributed by atoms with Crippen molar-refractivity contribution < 1.29 is 25.2 Å². The first-order chi connectivity index (χ1) is 6.11. The Kier molecular flexibility index (Phi) is 3.60. The summed E-state index contributed by atoms with van der Waals surface area (Å²) in [6, 6.07) is -0.738. The van der Waals surface area contributed by atoms with Gasteiger partial charge in [0.25, 0.3) is 0 Å². The molecule has 0 radical (unpaired) electrons. The van der Waals surface area contributed by atoms with Crippen LogP contribution in [0.2, 0.25) is 0 Å². The maximum absolute atomic E-state index is 9.45. The smallest absolute Gasteiger partial charge is 0.173 e. The van der Waals surface area contributed by atoms with E-state index < -0.39 is 37.3 Å². The van der Waals surface area contributed by atoms with Gasteiger partial charge in [-0.25, -0.2) is 0 Å². The molecule has 0 aromatic carbocycles. The maximum Gasteiger partial charge on any atom is 0.173 e. The third-order valence-corrected chi connectivity index (χ3v) is 2.23. The van der Waals surface area contributed by atoms with E-state index in [1.165, 1.54) is 7.05 Å². The summed E-state index contributed by atoms with van der Waals surface area (Å²) in [5, 5.41) is 39.4. The highest BCUT2D eigenvalue weighted by Crippen LogP contribution is 2.18. The molecule has 2 unspecified atom stereocenters. The monoisotopic (exact) mass is 193 g/mol. The van der Waals surface area contributed by atoms with Crippen LogP contribution >= 0.6 is 0 Å². The topological polar surface area (TPSA) is 102 Å². The Morgan fingerprint density at radius 2 is 1.85 bits per heavy atom. The Morgan fingerprint density at radius 1 is 1.23 bits per heavy atom. The van der Waals surface area contributed by atoms with E-state index in [-0.39, 0.29) is 0 Å². The molecule has 0 aliphatic carbocycles. The highest BCUT2D eigenvalue weighted by Gasteiger charge is 2.42. The summed E-state index contributed by atoms with van der Waals surface area (Å²) in [6.07, 6.45) is -4.49. The third-order valence-electron chi connectivity index (χ3n) is 2.23. The standard InChI is InChI=1S/C7H15NO5/c1-8-4-6(11)5(10)3(2-9)13-7(4)12/h3-12H,2H2,1H3/t3?,4-,5+,6?,7+/m0/s1. The number of rotatable bonds is 2. The molecular weight excluding hydrogens is 178 g/mol. The minimum Gasteiger partial charge on any atom is -0.394 e. The number of nitrogens with one attached hydrogen (secondary N) is 1. The predicted molar refractivity (Wildman–Crippen MR) is 42.8 cm³/mol. The van der Waals surface area contributed by atoms with Gasteiger partial charge in [-0.1, -0.05) is 0 Å².